The maximum atomic E-state index is 12.6. The maximum absolute atomic E-state index is 12.6. The fourth-order valence-corrected chi connectivity index (χ4v) is 2.60. The second kappa shape index (κ2) is 6.48. The molecule has 27 heavy (non-hydrogen) atoms. The molecule has 0 atom stereocenters. The standard InChI is InChI=1S/C17H15N7O3/c1-10-19-17-18-8-12(16(26)24(17)22-10)15(25)23(2)9-13-20-21-14(27-13)11-6-4-3-5-7-11/h3-8H,9H2,1-2H3,(H,18,19,22). The van der Waals surface area contributed by atoms with Gasteiger partial charge in [0.2, 0.25) is 11.8 Å². The number of aromatic nitrogens is 6. The summed E-state index contributed by atoms with van der Waals surface area (Å²) in [5.74, 6) is 0.852. The van der Waals surface area contributed by atoms with E-state index < -0.39 is 11.5 Å². The third kappa shape index (κ3) is 3.08. The number of rotatable bonds is 4. The van der Waals surface area contributed by atoms with Crippen LogP contribution in [-0.2, 0) is 6.54 Å². The van der Waals surface area contributed by atoms with Gasteiger partial charge in [-0.2, -0.15) is 9.50 Å². The van der Waals surface area contributed by atoms with Gasteiger partial charge in [0.25, 0.3) is 17.2 Å². The van der Waals surface area contributed by atoms with Crippen LogP contribution in [0.2, 0.25) is 0 Å². The molecule has 3 heterocycles. The van der Waals surface area contributed by atoms with Gasteiger partial charge in [-0.15, -0.1) is 10.2 Å². The SMILES string of the molecule is Cc1nc2ncc(C(=O)N(C)Cc3nnc(-c4ccccc4)o3)c(=O)n2[nH]1. The molecule has 0 aliphatic rings. The Morgan fingerprint density at radius 3 is 2.81 bits per heavy atom. The molecule has 1 N–H and O–H groups in total. The summed E-state index contributed by atoms with van der Waals surface area (Å²) in [5, 5.41) is 10.7. The van der Waals surface area contributed by atoms with Crippen molar-refractivity contribution in [2.75, 3.05) is 7.05 Å². The first kappa shape index (κ1) is 16.6. The van der Waals surface area contributed by atoms with E-state index in [1.807, 2.05) is 30.3 Å². The molecule has 136 valence electrons. The van der Waals surface area contributed by atoms with Crippen LogP contribution in [0.25, 0.3) is 17.2 Å². The van der Waals surface area contributed by atoms with Crippen LogP contribution < -0.4 is 5.56 Å². The molecule has 0 unspecified atom stereocenters. The van der Waals surface area contributed by atoms with Crippen LogP contribution in [0, 0.1) is 6.92 Å². The van der Waals surface area contributed by atoms with Gasteiger partial charge in [-0.25, -0.2) is 4.98 Å². The predicted octanol–water partition coefficient (Wildman–Crippen LogP) is 1.05. The van der Waals surface area contributed by atoms with E-state index >= 15 is 0 Å². The van der Waals surface area contributed by atoms with Gasteiger partial charge in [-0.05, 0) is 19.1 Å². The van der Waals surface area contributed by atoms with E-state index in [0.717, 1.165) is 10.1 Å². The van der Waals surface area contributed by atoms with Crippen LogP contribution >= 0.6 is 0 Å². The van der Waals surface area contributed by atoms with Gasteiger partial charge < -0.3 is 9.32 Å². The van der Waals surface area contributed by atoms with Crippen molar-refractivity contribution in [1.82, 2.24) is 34.7 Å². The highest BCUT2D eigenvalue weighted by Crippen LogP contribution is 2.17. The summed E-state index contributed by atoms with van der Waals surface area (Å²) in [4.78, 5) is 34.5. The third-order valence-corrected chi connectivity index (χ3v) is 3.92. The van der Waals surface area contributed by atoms with Crippen LogP contribution in [0.15, 0.2) is 45.7 Å². The second-order valence-electron chi connectivity index (χ2n) is 5.95. The summed E-state index contributed by atoms with van der Waals surface area (Å²) in [5.41, 5.74) is 0.183. The highest BCUT2D eigenvalue weighted by atomic mass is 16.4. The number of aryl methyl sites for hydroxylation is 1. The van der Waals surface area contributed by atoms with Crippen molar-refractivity contribution >= 4 is 11.7 Å². The number of hydrogen-bond donors (Lipinski definition) is 1. The number of H-pyrrole nitrogens is 1. The summed E-state index contributed by atoms with van der Waals surface area (Å²) < 4.78 is 6.73. The maximum Gasteiger partial charge on any atom is 0.286 e. The minimum Gasteiger partial charge on any atom is -0.419 e. The molecular weight excluding hydrogens is 350 g/mol. The fraction of sp³-hybridized carbons (Fsp3) is 0.176. The molecule has 3 aromatic heterocycles. The second-order valence-corrected chi connectivity index (χ2v) is 5.95. The summed E-state index contributed by atoms with van der Waals surface area (Å²) in [6.07, 6.45) is 1.22. The largest absolute Gasteiger partial charge is 0.419 e. The van der Waals surface area contributed by atoms with Gasteiger partial charge in [0.05, 0.1) is 6.54 Å². The zero-order chi connectivity index (χ0) is 19.0. The number of amides is 1. The first-order chi connectivity index (χ1) is 13.0. The summed E-state index contributed by atoms with van der Waals surface area (Å²) in [6, 6.07) is 9.31. The van der Waals surface area contributed by atoms with Gasteiger partial charge in [0, 0.05) is 18.8 Å². The van der Waals surface area contributed by atoms with E-state index in [2.05, 4.69) is 25.3 Å². The summed E-state index contributed by atoms with van der Waals surface area (Å²) in [6.45, 7) is 1.75. The lowest BCUT2D eigenvalue weighted by Gasteiger charge is -2.14. The van der Waals surface area contributed by atoms with Gasteiger partial charge in [0.1, 0.15) is 11.4 Å². The Morgan fingerprint density at radius 1 is 1.26 bits per heavy atom. The van der Waals surface area contributed by atoms with Crippen molar-refractivity contribution in [3.05, 3.63) is 64.2 Å². The van der Waals surface area contributed by atoms with Gasteiger partial charge in [-0.3, -0.25) is 14.7 Å². The molecule has 0 bridgehead atoms. The number of nitrogens with zero attached hydrogens (tertiary/aromatic N) is 6. The molecular formula is C17H15N7O3. The summed E-state index contributed by atoms with van der Waals surface area (Å²) in [7, 11) is 1.54. The molecule has 10 nitrogen and oxygen atoms in total. The Labute approximate surface area is 152 Å². The molecule has 0 saturated heterocycles. The monoisotopic (exact) mass is 365 g/mol. The minimum absolute atomic E-state index is 0.0583. The first-order valence-corrected chi connectivity index (χ1v) is 8.10. The van der Waals surface area contributed by atoms with Crippen LogP contribution in [0.5, 0.6) is 0 Å². The Bertz CT molecular complexity index is 1180. The van der Waals surface area contributed by atoms with Crippen LogP contribution in [0.1, 0.15) is 22.1 Å². The lowest BCUT2D eigenvalue weighted by Crippen LogP contribution is -2.33. The third-order valence-electron chi connectivity index (χ3n) is 3.92. The molecule has 0 saturated carbocycles. The topological polar surface area (TPSA) is 122 Å². The lowest BCUT2D eigenvalue weighted by atomic mass is 10.2. The molecule has 1 amide bonds. The number of hydrogen-bond acceptors (Lipinski definition) is 7. The Morgan fingerprint density at radius 2 is 2.04 bits per heavy atom. The Kier molecular flexibility index (Phi) is 3.99. The molecule has 0 aliphatic heterocycles. The number of fused-ring (bicyclic) bond motifs is 1. The number of carbonyl (C=O) groups is 1. The normalized spacial score (nSPS) is 11.0. The number of carbonyl (C=O) groups excluding carboxylic acids is 1. The highest BCUT2D eigenvalue weighted by molar-refractivity contribution is 5.93. The van der Waals surface area contributed by atoms with Crippen molar-refractivity contribution < 1.29 is 9.21 Å². The fourth-order valence-electron chi connectivity index (χ4n) is 2.60. The van der Waals surface area contributed by atoms with E-state index in [-0.39, 0.29) is 23.8 Å². The molecule has 0 aliphatic carbocycles. The van der Waals surface area contributed by atoms with Crippen molar-refractivity contribution in [3.8, 4) is 11.5 Å². The molecule has 0 spiro atoms. The van der Waals surface area contributed by atoms with Crippen molar-refractivity contribution in [3.63, 3.8) is 0 Å². The zero-order valence-corrected chi connectivity index (χ0v) is 14.6. The minimum atomic E-state index is -0.520. The molecule has 10 heteroatoms. The number of benzene rings is 1. The van der Waals surface area contributed by atoms with E-state index in [1.54, 1.807) is 14.0 Å². The Balaban J connectivity index is 1.56. The van der Waals surface area contributed by atoms with Crippen LogP contribution in [0.3, 0.4) is 0 Å². The molecule has 4 aromatic rings. The van der Waals surface area contributed by atoms with Crippen LogP contribution in [-0.4, -0.2) is 47.6 Å². The highest BCUT2D eigenvalue weighted by Gasteiger charge is 2.20. The van der Waals surface area contributed by atoms with E-state index in [1.165, 1.54) is 11.1 Å². The van der Waals surface area contributed by atoms with E-state index in [0.29, 0.717) is 11.7 Å². The summed E-state index contributed by atoms with van der Waals surface area (Å²) >= 11 is 0. The van der Waals surface area contributed by atoms with Gasteiger partial charge in [0.15, 0.2) is 0 Å². The van der Waals surface area contributed by atoms with Crippen LogP contribution in [0.4, 0.5) is 0 Å². The van der Waals surface area contributed by atoms with E-state index in [4.69, 9.17) is 4.42 Å². The number of nitrogens with one attached hydrogen (secondary N) is 1. The molecule has 1 aromatic carbocycles. The van der Waals surface area contributed by atoms with E-state index in [9.17, 15) is 9.59 Å². The Hall–Kier alpha value is -3.82. The molecule has 4 rings (SSSR count). The zero-order valence-electron chi connectivity index (χ0n) is 14.6. The average molecular weight is 365 g/mol. The molecule has 0 radical (unpaired) electrons. The first-order valence-electron chi connectivity index (χ1n) is 8.10. The predicted molar refractivity (Wildman–Crippen MR) is 93.9 cm³/mol. The van der Waals surface area contributed by atoms with Crippen molar-refractivity contribution in [2.45, 2.75) is 13.5 Å². The number of aromatic amines is 1. The lowest BCUT2D eigenvalue weighted by molar-refractivity contribution is 0.0770. The van der Waals surface area contributed by atoms with Gasteiger partial charge >= 0.3 is 0 Å². The van der Waals surface area contributed by atoms with Crippen molar-refractivity contribution in [2.24, 2.45) is 0 Å². The van der Waals surface area contributed by atoms with Crippen molar-refractivity contribution in [1.29, 1.82) is 0 Å². The average Bonchev–Trinajstić information content (AvgIpc) is 3.29. The van der Waals surface area contributed by atoms with Gasteiger partial charge in [-0.1, -0.05) is 18.2 Å². The smallest absolute Gasteiger partial charge is 0.286 e. The quantitative estimate of drug-likeness (QED) is 0.573. The molecule has 0 fully saturated rings.